The van der Waals surface area contributed by atoms with Crippen LogP contribution in [0, 0.1) is 0 Å². The third kappa shape index (κ3) is 3.94. The normalized spacial score (nSPS) is 12.9. The van der Waals surface area contributed by atoms with Crippen LogP contribution in [0.15, 0.2) is 23.3 Å². The van der Waals surface area contributed by atoms with Crippen molar-refractivity contribution in [1.82, 2.24) is 20.4 Å². The first-order chi connectivity index (χ1) is 12.4. The summed E-state index contributed by atoms with van der Waals surface area (Å²) in [4.78, 5) is 28.4. The van der Waals surface area contributed by atoms with Crippen LogP contribution in [0.5, 0.6) is 0 Å². The topological polar surface area (TPSA) is 95.8 Å². The minimum atomic E-state index is -0.501. The number of rotatable bonds is 5. The van der Waals surface area contributed by atoms with Crippen molar-refractivity contribution in [1.29, 1.82) is 0 Å². The number of hydrazone groups is 1. The Balaban J connectivity index is 1.73. The van der Waals surface area contributed by atoms with Crippen molar-refractivity contribution in [3.8, 4) is 0 Å². The predicted octanol–water partition coefficient (Wildman–Crippen LogP) is 0.798. The standard InChI is InChI=1S/C17H21N7O2/c1-23(2)16-19-14(20-17(21-16)24(3)4)15(25)22-18-8-11-5-6-12-9-26-10-13(12)7-11/h5-8H,9-10H2,1-4H3,(H,22,25)/b18-8-. The minimum absolute atomic E-state index is 0.00639. The Hall–Kier alpha value is -3.07. The Labute approximate surface area is 151 Å². The summed E-state index contributed by atoms with van der Waals surface area (Å²) in [6.45, 7) is 1.25. The lowest BCUT2D eigenvalue weighted by Gasteiger charge is -2.15. The van der Waals surface area contributed by atoms with E-state index in [4.69, 9.17) is 4.74 Å². The van der Waals surface area contributed by atoms with Crippen LogP contribution in [0.4, 0.5) is 11.9 Å². The van der Waals surface area contributed by atoms with Crippen LogP contribution < -0.4 is 15.2 Å². The number of nitrogens with one attached hydrogen (secondary N) is 1. The molecule has 26 heavy (non-hydrogen) atoms. The highest BCUT2D eigenvalue weighted by Gasteiger charge is 2.15. The fourth-order valence-electron chi connectivity index (χ4n) is 2.34. The molecule has 0 saturated carbocycles. The molecular weight excluding hydrogens is 334 g/mol. The zero-order valence-electron chi connectivity index (χ0n) is 15.2. The van der Waals surface area contributed by atoms with E-state index in [1.54, 1.807) is 44.2 Å². The number of amides is 1. The molecule has 2 heterocycles. The fraction of sp³-hybridized carbons (Fsp3) is 0.353. The van der Waals surface area contributed by atoms with E-state index in [1.165, 1.54) is 5.56 Å². The largest absolute Gasteiger partial charge is 0.372 e. The Morgan fingerprint density at radius 1 is 1.08 bits per heavy atom. The molecule has 1 aromatic carbocycles. The van der Waals surface area contributed by atoms with E-state index in [2.05, 4.69) is 25.5 Å². The first-order valence-corrected chi connectivity index (χ1v) is 8.07. The van der Waals surface area contributed by atoms with Gasteiger partial charge in [0.1, 0.15) is 0 Å². The second kappa shape index (κ2) is 7.44. The van der Waals surface area contributed by atoms with E-state index in [9.17, 15) is 4.79 Å². The molecule has 9 heteroatoms. The molecule has 9 nitrogen and oxygen atoms in total. The summed E-state index contributed by atoms with van der Waals surface area (Å²) in [5.41, 5.74) is 5.67. The summed E-state index contributed by atoms with van der Waals surface area (Å²) in [5, 5.41) is 4.00. The molecule has 1 amide bonds. The first kappa shape index (κ1) is 17.7. The number of hydrogen-bond acceptors (Lipinski definition) is 8. The monoisotopic (exact) mass is 355 g/mol. The van der Waals surface area contributed by atoms with Crippen LogP contribution in [0.3, 0.4) is 0 Å². The quantitative estimate of drug-likeness (QED) is 0.626. The Morgan fingerprint density at radius 2 is 1.73 bits per heavy atom. The smallest absolute Gasteiger partial charge is 0.309 e. The minimum Gasteiger partial charge on any atom is -0.372 e. The van der Waals surface area contributed by atoms with Crippen molar-refractivity contribution in [2.45, 2.75) is 13.2 Å². The first-order valence-electron chi connectivity index (χ1n) is 8.07. The summed E-state index contributed by atoms with van der Waals surface area (Å²) < 4.78 is 5.39. The highest BCUT2D eigenvalue weighted by atomic mass is 16.5. The maximum Gasteiger partial charge on any atom is 0.309 e. The number of hydrogen-bond donors (Lipinski definition) is 1. The third-order valence-electron chi connectivity index (χ3n) is 3.74. The number of fused-ring (bicyclic) bond motifs is 1. The number of carbonyl (C=O) groups excluding carboxylic acids is 1. The van der Waals surface area contributed by atoms with E-state index in [0.717, 1.165) is 11.1 Å². The average Bonchev–Trinajstić information content (AvgIpc) is 3.08. The Bertz CT molecular complexity index is 823. The van der Waals surface area contributed by atoms with Gasteiger partial charge in [-0.3, -0.25) is 4.79 Å². The maximum absolute atomic E-state index is 12.3. The number of anilines is 2. The van der Waals surface area contributed by atoms with Gasteiger partial charge in [-0.2, -0.15) is 20.1 Å². The lowest BCUT2D eigenvalue weighted by molar-refractivity contribution is 0.0944. The lowest BCUT2D eigenvalue weighted by Crippen LogP contribution is -2.25. The third-order valence-corrected chi connectivity index (χ3v) is 3.74. The van der Waals surface area contributed by atoms with Crippen molar-refractivity contribution in [2.75, 3.05) is 38.0 Å². The van der Waals surface area contributed by atoms with Gasteiger partial charge in [0, 0.05) is 28.2 Å². The van der Waals surface area contributed by atoms with Crippen LogP contribution in [0.25, 0.3) is 0 Å². The second-order valence-electron chi connectivity index (χ2n) is 6.27. The second-order valence-corrected chi connectivity index (χ2v) is 6.27. The molecule has 1 aromatic heterocycles. The molecule has 0 unspecified atom stereocenters. The fourth-order valence-corrected chi connectivity index (χ4v) is 2.34. The lowest BCUT2D eigenvalue weighted by atomic mass is 10.1. The van der Waals surface area contributed by atoms with Gasteiger partial charge in [-0.1, -0.05) is 12.1 Å². The van der Waals surface area contributed by atoms with Crippen molar-refractivity contribution in [2.24, 2.45) is 5.10 Å². The number of benzene rings is 1. The van der Waals surface area contributed by atoms with Gasteiger partial charge in [-0.15, -0.1) is 0 Å². The molecule has 1 N–H and O–H groups in total. The molecule has 0 atom stereocenters. The zero-order valence-corrected chi connectivity index (χ0v) is 15.2. The van der Waals surface area contributed by atoms with Crippen LogP contribution >= 0.6 is 0 Å². The van der Waals surface area contributed by atoms with E-state index >= 15 is 0 Å². The van der Waals surface area contributed by atoms with Crippen LogP contribution in [0.2, 0.25) is 0 Å². The average molecular weight is 355 g/mol. The molecule has 3 rings (SSSR count). The van der Waals surface area contributed by atoms with Gasteiger partial charge >= 0.3 is 5.91 Å². The molecular formula is C17H21N7O2. The maximum atomic E-state index is 12.3. The summed E-state index contributed by atoms with van der Waals surface area (Å²) in [6.07, 6.45) is 1.58. The van der Waals surface area contributed by atoms with Gasteiger partial charge in [0.15, 0.2) is 0 Å². The Morgan fingerprint density at radius 3 is 2.38 bits per heavy atom. The van der Waals surface area contributed by atoms with Gasteiger partial charge in [0.25, 0.3) is 0 Å². The van der Waals surface area contributed by atoms with Crippen molar-refractivity contribution in [3.05, 3.63) is 40.7 Å². The van der Waals surface area contributed by atoms with Gasteiger partial charge in [0.2, 0.25) is 17.7 Å². The predicted molar refractivity (Wildman–Crippen MR) is 98.5 cm³/mol. The molecule has 136 valence electrons. The molecule has 0 bridgehead atoms. The van der Waals surface area contributed by atoms with E-state index < -0.39 is 5.91 Å². The van der Waals surface area contributed by atoms with E-state index in [0.29, 0.717) is 25.1 Å². The van der Waals surface area contributed by atoms with Gasteiger partial charge < -0.3 is 14.5 Å². The SMILES string of the molecule is CN(C)c1nc(C(=O)N/N=C\c2ccc3c(c2)COC3)nc(N(C)C)n1. The molecule has 2 aromatic rings. The van der Waals surface area contributed by atoms with Gasteiger partial charge in [0.05, 0.1) is 19.4 Å². The number of carbonyl (C=O) groups is 1. The molecule has 0 fully saturated rings. The summed E-state index contributed by atoms with van der Waals surface area (Å²) in [6, 6.07) is 5.93. The van der Waals surface area contributed by atoms with Crippen LogP contribution in [0.1, 0.15) is 27.3 Å². The summed E-state index contributed by atoms with van der Waals surface area (Å²) in [5.74, 6) is 0.305. The van der Waals surface area contributed by atoms with Crippen molar-refractivity contribution >= 4 is 24.0 Å². The molecule has 0 spiro atoms. The molecule has 1 aliphatic rings. The molecule has 0 radical (unpaired) electrons. The van der Waals surface area contributed by atoms with Crippen molar-refractivity contribution in [3.63, 3.8) is 0 Å². The van der Waals surface area contributed by atoms with Crippen LogP contribution in [-0.4, -0.2) is 55.3 Å². The van der Waals surface area contributed by atoms with E-state index in [-0.39, 0.29) is 5.82 Å². The van der Waals surface area contributed by atoms with Gasteiger partial charge in [-0.25, -0.2) is 5.43 Å². The van der Waals surface area contributed by atoms with Crippen LogP contribution in [-0.2, 0) is 18.0 Å². The summed E-state index contributed by atoms with van der Waals surface area (Å²) >= 11 is 0. The Kier molecular flexibility index (Phi) is 5.08. The van der Waals surface area contributed by atoms with Crippen molar-refractivity contribution < 1.29 is 9.53 Å². The zero-order chi connectivity index (χ0) is 18.7. The molecule has 0 saturated heterocycles. The molecule has 0 aliphatic carbocycles. The molecule has 1 aliphatic heterocycles. The highest BCUT2D eigenvalue weighted by molar-refractivity contribution is 5.92. The van der Waals surface area contributed by atoms with Gasteiger partial charge in [-0.05, 0) is 22.8 Å². The highest BCUT2D eigenvalue weighted by Crippen LogP contribution is 2.20. The number of aromatic nitrogens is 3. The summed E-state index contributed by atoms with van der Waals surface area (Å²) in [7, 11) is 7.19. The van der Waals surface area contributed by atoms with E-state index in [1.807, 2.05) is 18.2 Å². The number of nitrogens with zero attached hydrogens (tertiary/aromatic N) is 6. The number of ether oxygens (including phenoxy) is 1.